The van der Waals surface area contributed by atoms with E-state index in [4.69, 9.17) is 56.8 Å². The van der Waals surface area contributed by atoms with Crippen LogP contribution in [-0.4, -0.2) is 242 Å². The van der Waals surface area contributed by atoms with Crippen molar-refractivity contribution in [2.24, 2.45) is 0 Å². The highest BCUT2D eigenvalue weighted by atomic mass is 16.8. The Kier molecular flexibility index (Phi) is 21.1. The zero-order chi connectivity index (χ0) is 58.0. The van der Waals surface area contributed by atoms with E-state index in [1.165, 1.54) is 86.0 Å². The first-order chi connectivity index (χ1) is 38.2. The minimum Gasteiger partial charge on any atom is -0.508 e. The van der Waals surface area contributed by atoms with E-state index in [1.807, 2.05) is 0 Å². The molecule has 4 aliphatic heterocycles. The molecule has 4 heterocycles. The summed E-state index contributed by atoms with van der Waals surface area (Å²) in [5.74, 6) is -7.59. The molecule has 0 spiro atoms. The van der Waals surface area contributed by atoms with E-state index in [9.17, 15) is 80.5 Å². The van der Waals surface area contributed by atoms with Gasteiger partial charge in [-0.2, -0.15) is 0 Å². The average Bonchev–Trinajstić information content (AvgIpc) is 3.90. The third-order valence-corrected chi connectivity index (χ3v) is 13.1. The molecule has 28 heteroatoms. The van der Waals surface area contributed by atoms with E-state index in [2.05, 4.69) is 0 Å². The SMILES string of the molecule is COc1cc(/C=C/C(=O)OC[C@@]2(O[C@H]3O[C@H](CO)[C@@H](OC(=O)/C=C\c4ccc(O)cc4)[C@H](O[C@@H]4O[C@H](COC(C)=O)[C@@H](O)[C@H](O)[C@H]4O)[C@H]3O[C@@H]3O[C@H](CO)[C@@H](O)[C@H](O)[C@H]3O)O[C@H](CO)[C@@H](O)[C@@H]2OC(=O)c2ccccc2)ccc1O. The summed E-state index contributed by atoms with van der Waals surface area (Å²) < 4.78 is 70.4. The van der Waals surface area contributed by atoms with Gasteiger partial charge in [0.05, 0.1) is 32.5 Å². The Morgan fingerprint density at radius 3 is 1.79 bits per heavy atom. The van der Waals surface area contributed by atoms with Crippen LogP contribution in [0.2, 0.25) is 0 Å². The molecule has 4 aliphatic rings. The minimum atomic E-state index is -2.90. The average molecular weight is 1140 g/mol. The summed E-state index contributed by atoms with van der Waals surface area (Å²) in [5.41, 5.74) is 0.567. The van der Waals surface area contributed by atoms with Crippen molar-refractivity contribution in [2.45, 2.75) is 123 Å². The number of rotatable bonds is 21. The van der Waals surface area contributed by atoms with Crippen molar-refractivity contribution in [1.82, 2.24) is 0 Å². The maximum Gasteiger partial charge on any atom is 0.338 e. The molecule has 0 saturated carbocycles. The fraction of sp³-hybridized carbons (Fsp3) is 0.500. The predicted molar refractivity (Wildman–Crippen MR) is 262 cm³/mol. The van der Waals surface area contributed by atoms with Crippen LogP contribution < -0.4 is 4.74 Å². The summed E-state index contributed by atoms with van der Waals surface area (Å²) in [4.78, 5) is 53.3. The summed E-state index contributed by atoms with van der Waals surface area (Å²) in [7, 11) is 1.29. The summed E-state index contributed by atoms with van der Waals surface area (Å²) in [6.07, 6.45) is -33.2. The maximum atomic E-state index is 13.9. The summed E-state index contributed by atoms with van der Waals surface area (Å²) >= 11 is 0. The smallest absolute Gasteiger partial charge is 0.338 e. The molecule has 4 saturated heterocycles. The lowest BCUT2D eigenvalue weighted by atomic mass is 9.95. The van der Waals surface area contributed by atoms with Gasteiger partial charge in [-0.25, -0.2) is 14.4 Å². The molecule has 0 unspecified atom stereocenters. The number of hydrogen-bond acceptors (Lipinski definition) is 28. The van der Waals surface area contributed by atoms with E-state index in [-0.39, 0.29) is 22.8 Å². The van der Waals surface area contributed by atoms with Crippen LogP contribution in [0.4, 0.5) is 0 Å². The largest absolute Gasteiger partial charge is 0.508 e. The Balaban J connectivity index is 1.36. The van der Waals surface area contributed by atoms with Gasteiger partial charge in [0.2, 0.25) is 5.79 Å². The first-order valence-corrected chi connectivity index (χ1v) is 24.7. The minimum absolute atomic E-state index is 0.0402. The molecule has 3 aromatic carbocycles. The number of carbonyl (C=O) groups excluding carboxylic acids is 4. The standard InChI is InChI=1S/C52H62O28/c1-24(56)70-22-34-38(62)41(65)43(67)50(74-34)76-45-44(75-36(60)17-11-25-8-13-28(57)14-9-25)33(21-55)73-51(46(45)77-49-42(66)40(64)37(61)31(19-53)72-49)80-52(23-71-35(59)16-12-26-10-15-29(58)30(18-26)69-2)47(39(63)32(20-54)79-52)78-48(68)27-6-4-3-5-7-27/h3-18,31-34,37-47,49-51,53-55,57-58,61-67H,19-23H2,1-2H3/b16-12+,17-11-/t31-,32-,33-,34-,37-,38-,39-,40+,41+,42-,43-,44-,45+,46-,47+,49+,50+,51-,52+/m1/s1. The van der Waals surface area contributed by atoms with E-state index < -0.39 is 173 Å². The van der Waals surface area contributed by atoms with Gasteiger partial charge in [-0.3, -0.25) is 4.79 Å². The molecule has 0 amide bonds. The number of carbonyl (C=O) groups is 4. The molecule has 7 rings (SSSR count). The second-order valence-electron chi connectivity index (χ2n) is 18.6. The molecule has 438 valence electrons. The lowest BCUT2D eigenvalue weighted by molar-refractivity contribution is -0.421. The molecule has 19 atom stereocenters. The van der Waals surface area contributed by atoms with Gasteiger partial charge >= 0.3 is 23.9 Å². The van der Waals surface area contributed by atoms with Gasteiger partial charge in [-0.05, 0) is 59.7 Å². The lowest BCUT2D eigenvalue weighted by Gasteiger charge is -2.50. The molecular weight excluding hydrogens is 1070 g/mol. The van der Waals surface area contributed by atoms with Gasteiger partial charge in [0.15, 0.2) is 42.6 Å². The number of phenolic OH excluding ortho intramolecular Hbond substituents is 2. The molecule has 0 radical (unpaired) electrons. The Morgan fingerprint density at radius 2 is 1.16 bits per heavy atom. The Labute approximate surface area is 454 Å². The van der Waals surface area contributed by atoms with E-state index in [0.717, 1.165) is 19.1 Å². The second kappa shape index (κ2) is 27.5. The van der Waals surface area contributed by atoms with Crippen LogP contribution in [0.3, 0.4) is 0 Å². The number of esters is 4. The van der Waals surface area contributed by atoms with E-state index in [1.54, 1.807) is 6.07 Å². The van der Waals surface area contributed by atoms with Crippen LogP contribution in [0.25, 0.3) is 12.2 Å². The van der Waals surface area contributed by atoms with Crippen LogP contribution >= 0.6 is 0 Å². The quantitative estimate of drug-likeness (QED) is 0.0281. The van der Waals surface area contributed by atoms with Crippen LogP contribution in [0.1, 0.15) is 28.4 Å². The van der Waals surface area contributed by atoms with Gasteiger partial charge < -0.3 is 118 Å². The Bertz CT molecular complexity index is 2600. The van der Waals surface area contributed by atoms with Crippen molar-refractivity contribution in [3.05, 3.63) is 102 Å². The predicted octanol–water partition coefficient (Wildman–Crippen LogP) is -3.36. The van der Waals surface area contributed by atoms with Crippen molar-refractivity contribution in [2.75, 3.05) is 40.1 Å². The van der Waals surface area contributed by atoms with Crippen molar-refractivity contribution in [3.63, 3.8) is 0 Å². The Morgan fingerprint density at radius 1 is 0.588 bits per heavy atom. The van der Waals surface area contributed by atoms with Gasteiger partial charge in [-0.1, -0.05) is 36.4 Å². The van der Waals surface area contributed by atoms with Crippen molar-refractivity contribution < 1.29 is 137 Å². The fourth-order valence-electron chi connectivity index (χ4n) is 8.87. The van der Waals surface area contributed by atoms with Gasteiger partial charge in [0, 0.05) is 19.1 Å². The van der Waals surface area contributed by atoms with Crippen LogP contribution in [-0.2, 0) is 66.5 Å². The van der Waals surface area contributed by atoms with Crippen molar-refractivity contribution >= 4 is 36.0 Å². The van der Waals surface area contributed by atoms with Crippen LogP contribution in [0.5, 0.6) is 17.2 Å². The monoisotopic (exact) mass is 1130 g/mol. The molecule has 4 fully saturated rings. The topological polar surface area (TPSA) is 422 Å². The molecule has 80 heavy (non-hydrogen) atoms. The zero-order valence-corrected chi connectivity index (χ0v) is 42.6. The molecule has 0 aromatic heterocycles. The van der Waals surface area contributed by atoms with Crippen molar-refractivity contribution in [1.29, 1.82) is 0 Å². The molecular formula is C52H62O28. The second-order valence-corrected chi connectivity index (χ2v) is 18.6. The molecule has 12 N–H and O–H groups in total. The van der Waals surface area contributed by atoms with Gasteiger partial charge in [0.25, 0.3) is 0 Å². The number of aliphatic hydroxyl groups excluding tert-OH is 10. The zero-order valence-electron chi connectivity index (χ0n) is 42.6. The van der Waals surface area contributed by atoms with E-state index >= 15 is 0 Å². The highest BCUT2D eigenvalue weighted by Crippen LogP contribution is 2.42. The number of ether oxygens (including phenoxy) is 12. The lowest BCUT2D eigenvalue weighted by Crippen LogP contribution is -2.69. The summed E-state index contributed by atoms with van der Waals surface area (Å²) in [5, 5.41) is 130. The normalized spacial score (nSPS) is 34.5. The number of hydrogen-bond donors (Lipinski definition) is 12. The van der Waals surface area contributed by atoms with Crippen molar-refractivity contribution in [3.8, 4) is 17.2 Å². The highest BCUT2D eigenvalue weighted by Gasteiger charge is 2.64. The van der Waals surface area contributed by atoms with Crippen LogP contribution in [0.15, 0.2) is 84.9 Å². The highest BCUT2D eigenvalue weighted by molar-refractivity contribution is 5.90. The molecule has 28 nitrogen and oxygen atoms in total. The number of methoxy groups -OCH3 is 1. The van der Waals surface area contributed by atoms with Crippen LogP contribution in [0, 0.1) is 0 Å². The van der Waals surface area contributed by atoms with Gasteiger partial charge in [0.1, 0.15) is 98.3 Å². The summed E-state index contributed by atoms with van der Waals surface area (Å²) in [6, 6.07) is 16.7. The first-order valence-electron chi connectivity index (χ1n) is 24.7. The molecule has 3 aromatic rings. The molecule has 0 bridgehead atoms. The maximum absolute atomic E-state index is 13.9. The first kappa shape index (κ1) is 61.4. The van der Waals surface area contributed by atoms with E-state index in [0.29, 0.717) is 11.1 Å². The number of aliphatic hydroxyl groups is 10. The fourth-order valence-corrected chi connectivity index (χ4v) is 8.87. The number of phenols is 2. The number of benzene rings is 3. The third kappa shape index (κ3) is 14.4. The third-order valence-electron chi connectivity index (χ3n) is 13.1. The summed E-state index contributed by atoms with van der Waals surface area (Å²) in [6.45, 7) is -4.17. The molecule has 0 aliphatic carbocycles. The number of aromatic hydroxyl groups is 2. The Hall–Kier alpha value is -6.26. The van der Waals surface area contributed by atoms with Gasteiger partial charge in [-0.15, -0.1) is 0 Å².